The van der Waals surface area contributed by atoms with Crippen molar-refractivity contribution in [3.05, 3.63) is 63.4 Å². The minimum absolute atomic E-state index is 0.0268. The minimum atomic E-state index is -0.526. The molecular weight excluding hydrogens is 389 g/mol. The predicted molar refractivity (Wildman–Crippen MR) is 82.2 cm³/mol. The van der Waals surface area contributed by atoms with Gasteiger partial charge in [0.15, 0.2) is 0 Å². The summed E-state index contributed by atoms with van der Waals surface area (Å²) in [5, 5.41) is 9.45. The SMILES string of the molecule is N#Cc1cccc(COc2c(Br)cccc2CBr)c1F. The second-order valence-electron chi connectivity index (χ2n) is 4.04. The Hall–Kier alpha value is -1.38. The third-order valence-electron chi connectivity index (χ3n) is 2.76. The summed E-state index contributed by atoms with van der Waals surface area (Å²) in [6.07, 6.45) is 0. The number of halogens is 3. The average Bonchev–Trinajstić information content (AvgIpc) is 2.47. The van der Waals surface area contributed by atoms with Gasteiger partial charge in [0.05, 0.1) is 10.0 Å². The smallest absolute Gasteiger partial charge is 0.147 e. The lowest BCUT2D eigenvalue weighted by atomic mass is 10.1. The maximum Gasteiger partial charge on any atom is 0.147 e. The van der Waals surface area contributed by atoms with E-state index in [2.05, 4.69) is 31.9 Å². The van der Waals surface area contributed by atoms with Crippen molar-refractivity contribution < 1.29 is 9.13 Å². The lowest BCUT2D eigenvalue weighted by molar-refractivity contribution is 0.295. The number of hydrogen-bond donors (Lipinski definition) is 0. The third kappa shape index (κ3) is 3.20. The van der Waals surface area contributed by atoms with Crippen LogP contribution >= 0.6 is 31.9 Å². The first kappa shape index (κ1) is 15.0. The molecule has 0 bridgehead atoms. The van der Waals surface area contributed by atoms with Gasteiger partial charge < -0.3 is 4.74 Å². The molecule has 0 amide bonds. The Labute approximate surface area is 133 Å². The first-order chi connectivity index (χ1) is 9.67. The molecule has 0 spiro atoms. The molecule has 5 heteroatoms. The summed E-state index contributed by atoms with van der Waals surface area (Å²) in [4.78, 5) is 0. The molecule has 0 aliphatic heterocycles. The molecule has 102 valence electrons. The molecule has 0 N–H and O–H groups in total. The van der Waals surface area contributed by atoms with Crippen LogP contribution in [0.5, 0.6) is 5.75 Å². The van der Waals surface area contributed by atoms with Gasteiger partial charge in [0.25, 0.3) is 0 Å². The third-order valence-corrected chi connectivity index (χ3v) is 3.99. The van der Waals surface area contributed by atoms with Crippen molar-refractivity contribution >= 4 is 31.9 Å². The Kier molecular flexibility index (Phi) is 5.16. The summed E-state index contributed by atoms with van der Waals surface area (Å²) in [6.45, 7) is 0.0734. The summed E-state index contributed by atoms with van der Waals surface area (Å²) < 4.78 is 20.4. The Bertz CT molecular complexity index is 667. The first-order valence-corrected chi connectivity index (χ1v) is 7.72. The van der Waals surface area contributed by atoms with Crippen LogP contribution in [-0.2, 0) is 11.9 Å². The molecular formula is C15H10Br2FNO. The van der Waals surface area contributed by atoms with E-state index in [1.165, 1.54) is 6.07 Å². The zero-order chi connectivity index (χ0) is 14.5. The molecule has 0 heterocycles. The Morgan fingerprint density at radius 1 is 1.15 bits per heavy atom. The quantitative estimate of drug-likeness (QED) is 0.683. The standard InChI is InChI=1S/C15H10Br2FNO/c16-7-10-3-2-6-13(17)15(10)20-9-12-5-1-4-11(8-19)14(12)18/h1-6H,7,9H2. The summed E-state index contributed by atoms with van der Waals surface area (Å²) >= 11 is 6.80. The zero-order valence-corrected chi connectivity index (χ0v) is 13.5. The molecule has 0 fully saturated rings. The van der Waals surface area contributed by atoms with E-state index < -0.39 is 5.82 Å². The van der Waals surface area contributed by atoms with Crippen molar-refractivity contribution in [2.24, 2.45) is 0 Å². The number of para-hydroxylation sites is 1. The van der Waals surface area contributed by atoms with Crippen LogP contribution in [0.4, 0.5) is 4.39 Å². The molecule has 2 aromatic rings. The molecule has 0 aliphatic carbocycles. The molecule has 2 aromatic carbocycles. The van der Waals surface area contributed by atoms with E-state index in [-0.39, 0.29) is 12.2 Å². The van der Waals surface area contributed by atoms with Crippen LogP contribution in [0.3, 0.4) is 0 Å². The van der Waals surface area contributed by atoms with Gasteiger partial charge >= 0.3 is 0 Å². The Balaban J connectivity index is 2.24. The van der Waals surface area contributed by atoms with Crippen LogP contribution in [0.15, 0.2) is 40.9 Å². The van der Waals surface area contributed by atoms with Gasteiger partial charge in [0.1, 0.15) is 24.2 Å². The number of nitrogens with zero attached hydrogens (tertiary/aromatic N) is 1. The average molecular weight is 399 g/mol. The minimum Gasteiger partial charge on any atom is -0.487 e. The van der Waals surface area contributed by atoms with Gasteiger partial charge in [-0.1, -0.05) is 40.2 Å². The molecule has 0 atom stereocenters. The maximum atomic E-state index is 13.9. The second kappa shape index (κ2) is 6.87. The molecule has 2 nitrogen and oxygen atoms in total. The Morgan fingerprint density at radius 3 is 2.55 bits per heavy atom. The van der Waals surface area contributed by atoms with E-state index in [0.717, 1.165) is 10.0 Å². The van der Waals surface area contributed by atoms with Gasteiger partial charge in [0, 0.05) is 16.5 Å². The number of rotatable bonds is 4. The van der Waals surface area contributed by atoms with Crippen LogP contribution in [-0.4, -0.2) is 0 Å². The monoisotopic (exact) mass is 397 g/mol. The lowest BCUT2D eigenvalue weighted by Gasteiger charge is -2.12. The van der Waals surface area contributed by atoms with E-state index in [4.69, 9.17) is 10.00 Å². The van der Waals surface area contributed by atoms with Gasteiger partial charge in [-0.15, -0.1) is 0 Å². The highest BCUT2D eigenvalue weighted by atomic mass is 79.9. The molecule has 0 aliphatic rings. The van der Waals surface area contributed by atoms with Crippen LogP contribution in [0, 0.1) is 17.1 Å². The van der Waals surface area contributed by atoms with E-state index >= 15 is 0 Å². The normalized spacial score (nSPS) is 10.1. The molecule has 0 saturated carbocycles. The first-order valence-electron chi connectivity index (χ1n) is 5.81. The van der Waals surface area contributed by atoms with Crippen molar-refractivity contribution in [2.75, 3.05) is 0 Å². The highest BCUT2D eigenvalue weighted by molar-refractivity contribution is 9.10. The molecule has 20 heavy (non-hydrogen) atoms. The molecule has 0 unspecified atom stereocenters. The van der Waals surface area contributed by atoms with Crippen LogP contribution in [0.1, 0.15) is 16.7 Å². The topological polar surface area (TPSA) is 33.0 Å². The fourth-order valence-corrected chi connectivity index (χ4v) is 2.71. The number of hydrogen-bond acceptors (Lipinski definition) is 2. The summed E-state index contributed by atoms with van der Waals surface area (Å²) in [7, 11) is 0. The predicted octanol–water partition coefficient (Wildman–Crippen LogP) is 4.93. The van der Waals surface area contributed by atoms with Gasteiger partial charge in [-0.25, -0.2) is 4.39 Å². The van der Waals surface area contributed by atoms with Crippen molar-refractivity contribution in [2.45, 2.75) is 11.9 Å². The van der Waals surface area contributed by atoms with Crippen LogP contribution in [0.2, 0.25) is 0 Å². The van der Waals surface area contributed by atoms with Gasteiger partial charge in [-0.2, -0.15) is 5.26 Å². The number of benzene rings is 2. The van der Waals surface area contributed by atoms with Crippen LogP contribution < -0.4 is 4.74 Å². The fraction of sp³-hybridized carbons (Fsp3) is 0.133. The molecule has 0 aromatic heterocycles. The summed E-state index contributed by atoms with van der Waals surface area (Å²) in [5.74, 6) is 0.147. The van der Waals surface area contributed by atoms with Crippen molar-refractivity contribution in [3.63, 3.8) is 0 Å². The summed E-state index contributed by atoms with van der Waals surface area (Å²) in [5.41, 5.74) is 1.36. The zero-order valence-electron chi connectivity index (χ0n) is 10.4. The summed E-state index contributed by atoms with van der Waals surface area (Å²) in [6, 6.07) is 12.2. The van der Waals surface area contributed by atoms with Crippen LogP contribution in [0.25, 0.3) is 0 Å². The number of ether oxygens (including phenoxy) is 1. The largest absolute Gasteiger partial charge is 0.487 e. The molecule has 0 saturated heterocycles. The van der Waals surface area contributed by atoms with E-state index in [0.29, 0.717) is 16.6 Å². The van der Waals surface area contributed by atoms with E-state index in [9.17, 15) is 4.39 Å². The van der Waals surface area contributed by atoms with E-state index in [1.54, 1.807) is 12.1 Å². The molecule has 0 radical (unpaired) electrons. The van der Waals surface area contributed by atoms with Gasteiger partial charge in [-0.3, -0.25) is 0 Å². The van der Waals surface area contributed by atoms with E-state index in [1.807, 2.05) is 24.3 Å². The fourth-order valence-electron chi connectivity index (χ4n) is 1.75. The lowest BCUT2D eigenvalue weighted by Crippen LogP contribution is -2.02. The molecule has 2 rings (SSSR count). The van der Waals surface area contributed by atoms with Crippen molar-refractivity contribution in [1.82, 2.24) is 0 Å². The van der Waals surface area contributed by atoms with Crippen molar-refractivity contribution in [3.8, 4) is 11.8 Å². The Morgan fingerprint density at radius 2 is 1.85 bits per heavy atom. The second-order valence-corrected chi connectivity index (χ2v) is 5.46. The van der Waals surface area contributed by atoms with Gasteiger partial charge in [0.2, 0.25) is 0 Å². The number of alkyl halides is 1. The maximum absolute atomic E-state index is 13.9. The highest BCUT2D eigenvalue weighted by Crippen LogP contribution is 2.31. The number of nitriles is 1. The van der Waals surface area contributed by atoms with Crippen molar-refractivity contribution in [1.29, 1.82) is 5.26 Å². The van der Waals surface area contributed by atoms with Gasteiger partial charge in [-0.05, 0) is 28.1 Å². The highest BCUT2D eigenvalue weighted by Gasteiger charge is 2.11.